The van der Waals surface area contributed by atoms with Gasteiger partial charge in [-0.2, -0.15) is 0 Å². The summed E-state index contributed by atoms with van der Waals surface area (Å²) >= 11 is 3.43. The van der Waals surface area contributed by atoms with Gasteiger partial charge < -0.3 is 88.8 Å². The average Bonchev–Trinajstić information content (AvgIpc) is 1.63. The maximum atomic E-state index is 13.9. The number of allylic oxidation sites excluding steroid dienone is 2. The maximum absolute atomic E-state index is 13.9. The molecular weight excluding hydrogens is 1760 g/mol. The molecule has 17 rings (SSSR count). The van der Waals surface area contributed by atoms with E-state index in [1.165, 1.54) is 28.4 Å². The summed E-state index contributed by atoms with van der Waals surface area (Å²) < 4.78 is 32.6. The highest BCUT2D eigenvalue weighted by Crippen LogP contribution is 2.57. The lowest BCUT2D eigenvalue weighted by Crippen LogP contribution is -2.53. The number of carbonyl (C=O) groups is 8. The van der Waals surface area contributed by atoms with Crippen LogP contribution in [0.5, 0.6) is 0 Å². The van der Waals surface area contributed by atoms with E-state index in [0.717, 1.165) is 144 Å². The Morgan fingerprint density at radius 2 is 0.776 bits per heavy atom. The Labute approximate surface area is 791 Å². The third-order valence-electron chi connectivity index (χ3n) is 28.3. The van der Waals surface area contributed by atoms with Crippen LogP contribution in [0.15, 0.2) is 161 Å². The van der Waals surface area contributed by atoms with Crippen molar-refractivity contribution in [2.24, 2.45) is 44.5 Å². The topological polar surface area (TPSA) is 344 Å². The molecule has 2 aliphatic carbocycles. The van der Waals surface area contributed by atoms with Crippen LogP contribution in [0.3, 0.4) is 0 Å². The highest BCUT2D eigenvalue weighted by Gasteiger charge is 2.58. The highest BCUT2D eigenvalue weighted by molar-refractivity contribution is 9.10. The summed E-state index contributed by atoms with van der Waals surface area (Å²) in [6, 6.07) is 37.4. The molecule has 2 spiro atoms. The predicted molar refractivity (Wildman–Crippen MR) is 518 cm³/mol. The summed E-state index contributed by atoms with van der Waals surface area (Å²) in [5.74, 6) is 0.110. The lowest BCUT2D eigenvalue weighted by Gasteiger charge is -2.32. The van der Waals surface area contributed by atoms with Gasteiger partial charge in [0.2, 0.25) is 35.7 Å². The summed E-state index contributed by atoms with van der Waals surface area (Å²) in [5, 5.41) is 15.3. The van der Waals surface area contributed by atoms with Crippen molar-refractivity contribution in [3.05, 3.63) is 196 Å². The number of aromatic nitrogens is 4. The van der Waals surface area contributed by atoms with E-state index in [1.54, 1.807) is 22.2 Å². The normalized spacial score (nSPS) is 21.7. The largest absolute Gasteiger partial charge is 0.494 e. The number of benzene rings is 6. The monoisotopic (exact) mass is 1880 g/mol. The zero-order valence-corrected chi connectivity index (χ0v) is 80.6. The Kier molecular flexibility index (Phi) is 28.4. The molecule has 0 unspecified atom stereocenters. The van der Waals surface area contributed by atoms with Crippen LogP contribution < -0.4 is 26.7 Å². The highest BCUT2D eigenvalue weighted by atomic mass is 79.9. The third-order valence-corrected chi connectivity index (χ3v) is 28.8. The van der Waals surface area contributed by atoms with Gasteiger partial charge in [0.15, 0.2) is 0 Å². The predicted octanol–water partition coefficient (Wildman–Crippen LogP) is 16.7. The van der Waals surface area contributed by atoms with Gasteiger partial charge in [-0.15, -0.1) is 0 Å². The minimum Gasteiger partial charge on any atom is -0.453 e. The number of halogens is 1. The lowest BCUT2D eigenvalue weighted by molar-refractivity contribution is -0.136. The lowest BCUT2D eigenvalue weighted by atomic mass is 9.78. The molecule has 2 aromatic heterocycles. The average molecular weight is 1880 g/mol. The van der Waals surface area contributed by atoms with Gasteiger partial charge in [0.1, 0.15) is 35.8 Å². The first-order chi connectivity index (χ1) is 63.9. The van der Waals surface area contributed by atoms with E-state index in [2.05, 4.69) is 184 Å². The first-order valence-corrected chi connectivity index (χ1v) is 47.0. The van der Waals surface area contributed by atoms with Crippen molar-refractivity contribution in [1.82, 2.24) is 60.8 Å². The first kappa shape index (κ1) is 96.1. The van der Waals surface area contributed by atoms with Crippen LogP contribution >= 0.6 is 15.9 Å². The van der Waals surface area contributed by atoms with Crippen LogP contribution in [0.2, 0.25) is 0 Å². The van der Waals surface area contributed by atoms with E-state index in [4.69, 9.17) is 46.6 Å². The molecule has 7 fully saturated rings. The number of hydrogen-bond donors (Lipinski definition) is 6. The second-order valence-corrected chi connectivity index (χ2v) is 40.3. The molecule has 0 radical (unpaired) electrons. The van der Waals surface area contributed by atoms with E-state index in [0.29, 0.717) is 50.4 Å². The number of nitrogens with one attached hydrogen (secondary N) is 6. The standard InChI is InChI=1S/C48H54N8O6.C33H42BN3O5.C21H24BrN5O3/c1-27(2)41(53-46(59)61-6)44(57)55-25-36(49-5)21-39(55)43-51-24-38(52-43)30-10-8-29(9-11-30)31-12-13-33-19-34(15-14-32(33)18-31)35-20-37(50-23-35)40-22-48(16-17-48)26-56(40)45(58)42(28(3)4)54-47(60)62-7;1-20(2)28(36-30(39)40-7)29(38)37-19-33(12-13-33)17-27(37)26-16-24(18-35-26)22-8-9-23-15-25(11-10-21(23)14-22)34-41-31(3,4)32(5,6)42-34;1-12(2)18(26-21(29)30-4)20(28)27-11-15(23-3)9-17(27)19-24-10-16(25-19)13-5-7-14(22)8-6-13/h8-15,18-19,23-24,27-28,36,39-42H,16-17,20-22,25-26H2,1-4,6-7H3,(H,51,52)(H,53,59)(H,54,60);8-11,14-15,18,20,27-28H,12-13,16-17,19H2,1-7H3,(H,36,39);5-8,10,12,15,17-18H,9,11H2,1-2,4H3,(H,24,25)(H,26,29)/t36-,39-,40-,41-,42-;27-,28-;15-,17-,18-/m000/s1. The Balaban J connectivity index is 0.000000164. The molecule has 6 N–H and O–H groups in total. The molecule has 7 aliphatic heterocycles. The van der Waals surface area contributed by atoms with Crippen molar-refractivity contribution in [3.8, 4) is 33.6 Å². The maximum Gasteiger partial charge on any atom is 0.494 e. The van der Waals surface area contributed by atoms with Crippen molar-refractivity contribution in [3.63, 3.8) is 0 Å². The van der Waals surface area contributed by atoms with Gasteiger partial charge in [-0.25, -0.2) is 42.3 Å². The van der Waals surface area contributed by atoms with Crippen LogP contribution in [-0.2, 0) is 47.4 Å². The molecule has 8 amide bonds. The van der Waals surface area contributed by atoms with Gasteiger partial charge in [-0.1, -0.05) is 162 Å². The van der Waals surface area contributed by atoms with Crippen molar-refractivity contribution in [2.45, 2.75) is 219 Å². The number of imidazole rings is 2. The van der Waals surface area contributed by atoms with Gasteiger partial charge in [0.05, 0.1) is 114 Å². The summed E-state index contributed by atoms with van der Waals surface area (Å²) in [5.41, 5.74) is 12.8. The summed E-state index contributed by atoms with van der Waals surface area (Å²) in [6.45, 7) is 40.5. The van der Waals surface area contributed by atoms with Crippen molar-refractivity contribution in [1.29, 1.82) is 0 Å². The summed E-state index contributed by atoms with van der Waals surface area (Å²) in [6.07, 6.45) is 13.5. The molecule has 6 aromatic carbocycles. The Bertz CT molecular complexity index is 6020. The molecule has 0 bridgehead atoms. The Morgan fingerprint density at radius 1 is 0.448 bits per heavy atom. The van der Waals surface area contributed by atoms with E-state index in [9.17, 15) is 38.4 Å². The fraction of sp³-hybridized carbons (Fsp3) is 0.471. The quantitative estimate of drug-likeness (QED) is 0.0209. The van der Waals surface area contributed by atoms with Crippen molar-refractivity contribution < 1.29 is 66.6 Å². The number of carbonyl (C=O) groups excluding carboxylic acids is 8. The van der Waals surface area contributed by atoms with E-state index < -0.39 is 61.7 Å². The second-order valence-electron chi connectivity index (χ2n) is 39.4. The van der Waals surface area contributed by atoms with Crippen molar-refractivity contribution in [2.75, 3.05) is 54.6 Å². The van der Waals surface area contributed by atoms with Gasteiger partial charge in [0, 0.05) is 54.2 Å². The van der Waals surface area contributed by atoms with E-state index in [1.807, 2.05) is 114 Å². The molecule has 2 saturated carbocycles. The van der Waals surface area contributed by atoms with Crippen LogP contribution in [-0.4, -0.2) is 220 Å². The molecule has 10 atom stereocenters. The van der Waals surface area contributed by atoms with Crippen molar-refractivity contribution >= 4 is 121 Å². The van der Waals surface area contributed by atoms with Crippen LogP contribution in [0.1, 0.15) is 182 Å². The number of H-pyrrole nitrogens is 2. The molecule has 9 aliphatic rings. The molecule has 9 heterocycles. The number of aliphatic imine (C=N–C) groups is 2. The second kappa shape index (κ2) is 39.6. The fourth-order valence-electron chi connectivity index (χ4n) is 19.2. The number of methoxy groups -OCH3 is 4. The SMILES string of the molecule is COC(=O)N[C@H](C(=O)N1CC2(CC2)C[C@H]1C1=NC=C(c2ccc3cc(B4OC(C)(C)C(C)(C)O4)ccc3c2)C1)C(C)C.[C-]#[N+][C@H]1C[C@@H](c2ncc(-c3ccc(-c4ccc5cc(C6=CN=C([C@@H]7CC8(CC8)CN7C(=O)[C@@H](NC(=O)OC)C(C)C)C6)ccc5c4)cc3)[nH]2)N(C(=O)[C@@H](NC(=O)OC)C(C)C)C1.[C-]#[N+][C@H]1C[C@@H](c2ncc(-c3ccc(Br)cc3)[nH]2)N(C(=O)[C@@H](NC(=O)OC)C(C)C)C1. The number of rotatable bonds is 22. The summed E-state index contributed by atoms with van der Waals surface area (Å²) in [7, 11) is 4.76. The number of aromatic amines is 2. The zero-order chi connectivity index (χ0) is 95.7. The number of likely N-dealkylation sites (tertiary alicyclic amines) is 4. The summed E-state index contributed by atoms with van der Waals surface area (Å²) in [4.78, 5) is 143. The van der Waals surface area contributed by atoms with Gasteiger partial charge >= 0.3 is 31.5 Å². The molecular formula is C102H120BBrN16O14. The minimum absolute atomic E-state index is 0.0520. The Hall–Kier alpha value is -12.5. The van der Waals surface area contributed by atoms with E-state index in [-0.39, 0.29) is 106 Å². The molecule has 8 aromatic rings. The smallest absolute Gasteiger partial charge is 0.453 e. The first-order valence-electron chi connectivity index (χ1n) is 46.2. The van der Waals surface area contributed by atoms with Gasteiger partial charge in [0.25, 0.3) is 0 Å². The number of ether oxygens (including phenoxy) is 4. The number of hydrogen-bond acceptors (Lipinski definition) is 18. The van der Waals surface area contributed by atoms with E-state index >= 15 is 0 Å². The number of nitrogens with zero attached hydrogens (tertiary/aromatic N) is 10. The van der Waals surface area contributed by atoms with Crippen LogP contribution in [0.4, 0.5) is 19.2 Å². The molecule has 30 nitrogen and oxygen atoms in total. The number of amides is 8. The molecule has 134 heavy (non-hydrogen) atoms. The Morgan fingerprint density at radius 3 is 1.13 bits per heavy atom. The molecule has 702 valence electrons. The van der Waals surface area contributed by atoms with Crippen LogP contribution in [0.25, 0.3) is 76.0 Å². The number of fused-ring (bicyclic) bond motifs is 2. The van der Waals surface area contributed by atoms with Gasteiger partial charge in [-0.05, 0) is 203 Å². The van der Waals surface area contributed by atoms with Crippen LogP contribution in [0, 0.1) is 47.6 Å². The molecule has 32 heteroatoms. The third kappa shape index (κ3) is 20.7. The van der Waals surface area contributed by atoms with Gasteiger partial charge in [-0.3, -0.25) is 29.2 Å². The number of alkyl carbamates (subject to hydrolysis) is 4. The zero-order valence-electron chi connectivity index (χ0n) is 79.0. The fourth-order valence-corrected chi connectivity index (χ4v) is 19.5. The minimum atomic E-state index is -0.799. The molecule has 5 saturated heterocycles.